The third-order valence-corrected chi connectivity index (χ3v) is 4.77. The molecule has 7 nitrogen and oxygen atoms in total. The Bertz CT molecular complexity index is 1250. The van der Waals surface area contributed by atoms with E-state index < -0.39 is 0 Å². The van der Waals surface area contributed by atoms with Crippen LogP contribution in [0.5, 0.6) is 0 Å². The Kier molecular flexibility index (Phi) is 5.26. The molecule has 2 N–H and O–H groups in total. The van der Waals surface area contributed by atoms with Crippen LogP contribution in [0.15, 0.2) is 66.7 Å². The first-order valence-corrected chi connectivity index (χ1v) is 9.67. The zero-order chi connectivity index (χ0) is 21.1. The molecule has 0 aliphatic rings. The first-order chi connectivity index (χ1) is 14.5. The van der Waals surface area contributed by atoms with Gasteiger partial charge in [-0.25, -0.2) is 4.68 Å². The summed E-state index contributed by atoms with van der Waals surface area (Å²) in [5.41, 5.74) is 4.52. The number of rotatable bonds is 5. The third kappa shape index (κ3) is 3.91. The molecule has 0 saturated heterocycles. The molecule has 2 amide bonds. The van der Waals surface area contributed by atoms with Crippen molar-refractivity contribution in [2.24, 2.45) is 0 Å². The summed E-state index contributed by atoms with van der Waals surface area (Å²) in [6.07, 6.45) is 0. The van der Waals surface area contributed by atoms with Gasteiger partial charge in [0.05, 0.1) is 16.8 Å². The van der Waals surface area contributed by atoms with E-state index in [1.54, 1.807) is 41.1 Å². The number of nitrogens with one attached hydrogen (secondary N) is 2. The van der Waals surface area contributed by atoms with Crippen molar-refractivity contribution in [3.8, 4) is 0 Å². The molecule has 0 spiro atoms. The summed E-state index contributed by atoms with van der Waals surface area (Å²) >= 11 is 0. The molecule has 0 bridgehead atoms. The number of anilines is 2. The Morgan fingerprint density at radius 2 is 1.77 bits per heavy atom. The van der Waals surface area contributed by atoms with Crippen molar-refractivity contribution < 1.29 is 9.59 Å². The molecule has 150 valence electrons. The molecule has 0 aliphatic heterocycles. The lowest BCUT2D eigenvalue weighted by atomic mass is 10.1. The van der Waals surface area contributed by atoms with Gasteiger partial charge >= 0.3 is 0 Å². The Hall–Kier alpha value is -4.00. The van der Waals surface area contributed by atoms with Gasteiger partial charge < -0.3 is 10.6 Å². The normalized spacial score (nSPS) is 10.7. The van der Waals surface area contributed by atoms with Gasteiger partial charge in [0.15, 0.2) is 0 Å². The summed E-state index contributed by atoms with van der Waals surface area (Å²) in [5, 5.41) is 13.9. The number of aryl methyl sites for hydroxylation is 2. The SMILES string of the molecule is CCn1nnc2cc(C(=O)Nc3ccccc3C(=O)Nc3cccc(C)c3)ccc21. The average molecular weight is 399 g/mol. The number of nitrogens with zero attached hydrogens (tertiary/aromatic N) is 3. The second kappa shape index (κ2) is 8.16. The molecule has 0 atom stereocenters. The monoisotopic (exact) mass is 399 g/mol. The molecule has 0 radical (unpaired) electrons. The number of carbonyl (C=O) groups is 2. The first-order valence-electron chi connectivity index (χ1n) is 9.67. The van der Waals surface area contributed by atoms with Crippen molar-refractivity contribution in [2.75, 3.05) is 10.6 Å². The van der Waals surface area contributed by atoms with Crippen LogP contribution in [0.1, 0.15) is 33.2 Å². The van der Waals surface area contributed by atoms with Gasteiger partial charge in [-0.2, -0.15) is 0 Å². The van der Waals surface area contributed by atoms with E-state index >= 15 is 0 Å². The van der Waals surface area contributed by atoms with Gasteiger partial charge in [0.2, 0.25) is 0 Å². The highest BCUT2D eigenvalue weighted by atomic mass is 16.2. The van der Waals surface area contributed by atoms with E-state index in [0.29, 0.717) is 34.6 Å². The summed E-state index contributed by atoms with van der Waals surface area (Å²) in [6, 6.07) is 19.7. The molecule has 7 heteroatoms. The lowest BCUT2D eigenvalue weighted by molar-refractivity contribution is 0.102. The number of para-hydroxylation sites is 1. The second-order valence-electron chi connectivity index (χ2n) is 6.93. The maximum Gasteiger partial charge on any atom is 0.257 e. The van der Waals surface area contributed by atoms with E-state index in [1.807, 2.05) is 44.2 Å². The summed E-state index contributed by atoms with van der Waals surface area (Å²) in [5.74, 6) is -0.614. The predicted octanol–water partition coefficient (Wildman–Crippen LogP) is 4.26. The van der Waals surface area contributed by atoms with Crippen molar-refractivity contribution in [1.82, 2.24) is 15.0 Å². The fourth-order valence-electron chi connectivity index (χ4n) is 3.25. The highest BCUT2D eigenvalue weighted by Gasteiger charge is 2.15. The number of amides is 2. The minimum atomic E-state index is -0.321. The van der Waals surface area contributed by atoms with Gasteiger partial charge in [0.25, 0.3) is 11.8 Å². The number of hydrogen-bond donors (Lipinski definition) is 2. The standard InChI is InChI=1S/C23H21N5O2/c1-3-28-21-12-11-16(14-20(21)26-27-28)22(29)25-19-10-5-4-9-18(19)23(30)24-17-8-6-7-15(2)13-17/h4-14H,3H2,1-2H3,(H,24,30)(H,25,29). The minimum absolute atomic E-state index is 0.294. The number of benzene rings is 3. The number of fused-ring (bicyclic) bond motifs is 1. The Morgan fingerprint density at radius 1 is 0.933 bits per heavy atom. The Labute approximate surface area is 173 Å². The minimum Gasteiger partial charge on any atom is -0.322 e. The molecule has 0 fully saturated rings. The van der Waals surface area contributed by atoms with E-state index in [4.69, 9.17) is 0 Å². The summed E-state index contributed by atoms with van der Waals surface area (Å²) in [7, 11) is 0. The highest BCUT2D eigenvalue weighted by molar-refractivity contribution is 6.13. The zero-order valence-corrected chi connectivity index (χ0v) is 16.7. The van der Waals surface area contributed by atoms with E-state index in [-0.39, 0.29) is 11.8 Å². The van der Waals surface area contributed by atoms with Crippen LogP contribution in [0.2, 0.25) is 0 Å². The molecule has 0 aliphatic carbocycles. The molecule has 4 aromatic rings. The smallest absolute Gasteiger partial charge is 0.257 e. The van der Waals surface area contributed by atoms with Crippen LogP contribution < -0.4 is 10.6 Å². The van der Waals surface area contributed by atoms with Gasteiger partial charge in [-0.15, -0.1) is 5.10 Å². The summed E-state index contributed by atoms with van der Waals surface area (Å²) in [6.45, 7) is 4.64. The highest BCUT2D eigenvalue weighted by Crippen LogP contribution is 2.20. The third-order valence-electron chi connectivity index (χ3n) is 4.77. The molecule has 0 unspecified atom stereocenters. The maximum absolute atomic E-state index is 12.8. The Morgan fingerprint density at radius 3 is 2.57 bits per heavy atom. The molecule has 0 saturated carbocycles. The number of hydrogen-bond acceptors (Lipinski definition) is 4. The van der Waals surface area contributed by atoms with Gasteiger partial charge in [-0.1, -0.05) is 29.5 Å². The van der Waals surface area contributed by atoms with Crippen molar-refractivity contribution >= 4 is 34.2 Å². The van der Waals surface area contributed by atoms with Crippen molar-refractivity contribution in [2.45, 2.75) is 20.4 Å². The summed E-state index contributed by atoms with van der Waals surface area (Å²) in [4.78, 5) is 25.6. The van der Waals surface area contributed by atoms with Gasteiger partial charge in [0.1, 0.15) is 5.52 Å². The lowest BCUT2D eigenvalue weighted by Gasteiger charge is -2.12. The molecule has 1 aromatic heterocycles. The summed E-state index contributed by atoms with van der Waals surface area (Å²) < 4.78 is 1.77. The number of aromatic nitrogens is 3. The maximum atomic E-state index is 12.8. The van der Waals surface area contributed by atoms with Crippen LogP contribution in [0.25, 0.3) is 11.0 Å². The van der Waals surface area contributed by atoms with Crippen molar-refractivity contribution in [3.05, 3.63) is 83.4 Å². The first kappa shape index (κ1) is 19.3. The lowest BCUT2D eigenvalue weighted by Crippen LogP contribution is -2.18. The van der Waals surface area contributed by atoms with Crippen molar-refractivity contribution in [3.63, 3.8) is 0 Å². The molecule has 30 heavy (non-hydrogen) atoms. The van der Waals surface area contributed by atoms with Crippen LogP contribution in [-0.2, 0) is 6.54 Å². The van der Waals surface area contributed by atoms with Crippen LogP contribution in [-0.4, -0.2) is 26.8 Å². The van der Waals surface area contributed by atoms with Gasteiger partial charge in [0, 0.05) is 17.8 Å². The van der Waals surface area contributed by atoms with Crippen LogP contribution in [0.3, 0.4) is 0 Å². The van der Waals surface area contributed by atoms with E-state index in [0.717, 1.165) is 11.1 Å². The topological polar surface area (TPSA) is 88.9 Å². The fourth-order valence-corrected chi connectivity index (χ4v) is 3.25. The van der Waals surface area contributed by atoms with Crippen molar-refractivity contribution in [1.29, 1.82) is 0 Å². The van der Waals surface area contributed by atoms with Crippen LogP contribution in [0, 0.1) is 6.92 Å². The predicted molar refractivity (Wildman–Crippen MR) is 117 cm³/mol. The largest absolute Gasteiger partial charge is 0.322 e. The van der Waals surface area contributed by atoms with Gasteiger partial charge in [-0.05, 0) is 61.9 Å². The molecule has 1 heterocycles. The zero-order valence-electron chi connectivity index (χ0n) is 16.7. The van der Waals surface area contributed by atoms with E-state index in [9.17, 15) is 9.59 Å². The Balaban J connectivity index is 1.56. The molecule has 4 rings (SSSR count). The van der Waals surface area contributed by atoms with E-state index in [2.05, 4.69) is 20.9 Å². The van der Waals surface area contributed by atoms with E-state index in [1.165, 1.54) is 0 Å². The van der Waals surface area contributed by atoms with Crippen LogP contribution in [0.4, 0.5) is 11.4 Å². The molecular weight excluding hydrogens is 378 g/mol. The second-order valence-corrected chi connectivity index (χ2v) is 6.93. The molecule has 3 aromatic carbocycles. The number of carbonyl (C=O) groups excluding carboxylic acids is 2. The average Bonchev–Trinajstić information content (AvgIpc) is 3.16. The molecular formula is C23H21N5O2. The van der Waals surface area contributed by atoms with Crippen LogP contribution >= 0.6 is 0 Å². The van der Waals surface area contributed by atoms with Gasteiger partial charge in [-0.3, -0.25) is 9.59 Å². The fraction of sp³-hybridized carbons (Fsp3) is 0.130. The quantitative estimate of drug-likeness (QED) is 0.525.